The molecule has 0 radical (unpaired) electrons. The molecule has 0 saturated heterocycles. The van der Waals surface area contributed by atoms with Gasteiger partial charge < -0.3 is 5.32 Å². The van der Waals surface area contributed by atoms with E-state index < -0.39 is 0 Å². The van der Waals surface area contributed by atoms with Gasteiger partial charge in [0.2, 0.25) is 0 Å². The number of halogens is 1. The maximum absolute atomic E-state index is 9.40. The van der Waals surface area contributed by atoms with E-state index in [1.165, 1.54) is 5.56 Å². The van der Waals surface area contributed by atoms with E-state index in [9.17, 15) is 5.26 Å². The van der Waals surface area contributed by atoms with Gasteiger partial charge in [0, 0.05) is 10.2 Å². The monoisotopic (exact) mass is 314 g/mol. The highest BCUT2D eigenvalue weighted by molar-refractivity contribution is 9.10. The van der Waals surface area contributed by atoms with Crippen molar-refractivity contribution < 1.29 is 0 Å². The van der Waals surface area contributed by atoms with Crippen molar-refractivity contribution in [3.63, 3.8) is 0 Å². The van der Waals surface area contributed by atoms with E-state index in [0.29, 0.717) is 0 Å². The zero-order valence-corrected chi connectivity index (χ0v) is 12.5. The van der Waals surface area contributed by atoms with Crippen molar-refractivity contribution in [2.24, 2.45) is 0 Å². The van der Waals surface area contributed by atoms with Crippen molar-refractivity contribution in [2.75, 3.05) is 5.32 Å². The second kappa shape index (κ2) is 5.90. The molecule has 0 aliphatic carbocycles. The van der Waals surface area contributed by atoms with E-state index in [-0.39, 0.29) is 6.04 Å². The number of hydrogen-bond donors (Lipinski definition) is 1. The molecular formula is C16H15BrN2. The van der Waals surface area contributed by atoms with Crippen molar-refractivity contribution in [1.29, 1.82) is 5.26 Å². The van der Waals surface area contributed by atoms with Crippen LogP contribution < -0.4 is 5.32 Å². The van der Waals surface area contributed by atoms with Gasteiger partial charge in [0.05, 0.1) is 6.07 Å². The minimum Gasteiger partial charge on any atom is -0.366 e. The van der Waals surface area contributed by atoms with Gasteiger partial charge in [-0.3, -0.25) is 0 Å². The van der Waals surface area contributed by atoms with E-state index in [1.807, 2.05) is 36.4 Å². The van der Waals surface area contributed by atoms with Gasteiger partial charge in [0.1, 0.15) is 6.04 Å². The number of nitriles is 1. The van der Waals surface area contributed by atoms with Crippen molar-refractivity contribution in [2.45, 2.75) is 19.9 Å². The van der Waals surface area contributed by atoms with E-state index in [1.54, 1.807) is 0 Å². The number of aryl methyl sites for hydroxylation is 1. The summed E-state index contributed by atoms with van der Waals surface area (Å²) in [5.41, 5.74) is 4.33. The fraction of sp³-hybridized carbons (Fsp3) is 0.188. The molecule has 0 amide bonds. The first-order chi connectivity index (χ1) is 9.11. The fourth-order valence-corrected chi connectivity index (χ4v) is 2.41. The Morgan fingerprint density at radius 3 is 2.58 bits per heavy atom. The van der Waals surface area contributed by atoms with Gasteiger partial charge in [0.15, 0.2) is 0 Å². The minimum absolute atomic E-state index is 0.339. The maximum Gasteiger partial charge on any atom is 0.140 e. The molecule has 0 fully saturated rings. The quantitative estimate of drug-likeness (QED) is 0.888. The van der Waals surface area contributed by atoms with Gasteiger partial charge in [0.25, 0.3) is 0 Å². The molecule has 1 atom stereocenters. The molecule has 96 valence electrons. The van der Waals surface area contributed by atoms with Gasteiger partial charge >= 0.3 is 0 Å². The summed E-state index contributed by atoms with van der Waals surface area (Å²) in [5.74, 6) is 0. The van der Waals surface area contributed by atoms with E-state index in [2.05, 4.69) is 47.2 Å². The first-order valence-electron chi connectivity index (χ1n) is 6.09. The fourth-order valence-electron chi connectivity index (χ4n) is 2.01. The number of nitrogens with one attached hydrogen (secondary N) is 1. The Morgan fingerprint density at radius 1 is 1.16 bits per heavy atom. The van der Waals surface area contributed by atoms with Crippen LogP contribution in [0, 0.1) is 25.2 Å². The average molecular weight is 315 g/mol. The van der Waals surface area contributed by atoms with Crippen LogP contribution in [0.2, 0.25) is 0 Å². The summed E-state index contributed by atoms with van der Waals surface area (Å²) in [5, 5.41) is 12.7. The normalized spacial score (nSPS) is 11.7. The standard InChI is InChI=1S/C16H15BrN2/c1-11-5-3-8-15(12(11)2)16(10-18)19-14-7-4-6-13(17)9-14/h3-9,16,19H,1-2H3. The molecule has 0 bridgehead atoms. The molecule has 0 aromatic heterocycles. The summed E-state index contributed by atoms with van der Waals surface area (Å²) in [6.07, 6.45) is 0. The Hall–Kier alpha value is -1.79. The lowest BCUT2D eigenvalue weighted by atomic mass is 9.98. The molecule has 2 aromatic carbocycles. The zero-order valence-electron chi connectivity index (χ0n) is 10.9. The van der Waals surface area contributed by atoms with Gasteiger partial charge in [-0.05, 0) is 48.7 Å². The lowest BCUT2D eigenvalue weighted by Crippen LogP contribution is -2.10. The molecule has 0 spiro atoms. The lowest BCUT2D eigenvalue weighted by molar-refractivity contribution is 0.975. The average Bonchev–Trinajstić information content (AvgIpc) is 2.40. The number of hydrogen-bond acceptors (Lipinski definition) is 2. The molecule has 2 aromatic rings. The third kappa shape index (κ3) is 3.15. The summed E-state index contributed by atoms with van der Waals surface area (Å²) in [7, 11) is 0. The van der Waals surface area contributed by atoms with Crippen molar-refractivity contribution in [3.8, 4) is 6.07 Å². The van der Waals surface area contributed by atoms with Crippen LogP contribution in [0.4, 0.5) is 5.69 Å². The zero-order chi connectivity index (χ0) is 13.8. The van der Waals surface area contributed by atoms with Crippen LogP contribution in [0.15, 0.2) is 46.9 Å². The molecule has 0 aliphatic rings. The van der Waals surface area contributed by atoms with Crippen molar-refractivity contribution in [3.05, 3.63) is 63.6 Å². The van der Waals surface area contributed by atoms with Crippen LogP contribution in [0.25, 0.3) is 0 Å². The third-order valence-corrected chi connectivity index (χ3v) is 3.72. The van der Waals surface area contributed by atoms with Crippen molar-refractivity contribution in [1.82, 2.24) is 0 Å². The molecule has 0 heterocycles. The van der Waals surface area contributed by atoms with Crippen LogP contribution in [0.3, 0.4) is 0 Å². The van der Waals surface area contributed by atoms with Crippen LogP contribution in [0.1, 0.15) is 22.7 Å². The molecule has 0 saturated carbocycles. The Morgan fingerprint density at radius 2 is 1.89 bits per heavy atom. The van der Waals surface area contributed by atoms with Crippen LogP contribution in [-0.4, -0.2) is 0 Å². The number of nitrogens with zero attached hydrogens (tertiary/aromatic N) is 1. The number of benzene rings is 2. The lowest BCUT2D eigenvalue weighted by Gasteiger charge is -2.17. The third-order valence-electron chi connectivity index (χ3n) is 3.22. The molecule has 0 aliphatic heterocycles. The Balaban J connectivity index is 2.31. The molecule has 19 heavy (non-hydrogen) atoms. The molecular weight excluding hydrogens is 300 g/mol. The minimum atomic E-state index is -0.339. The summed E-state index contributed by atoms with van der Waals surface area (Å²) < 4.78 is 0.996. The van der Waals surface area contributed by atoms with Gasteiger partial charge in [-0.2, -0.15) is 5.26 Å². The summed E-state index contributed by atoms with van der Waals surface area (Å²) >= 11 is 3.43. The number of anilines is 1. The Bertz CT molecular complexity index is 629. The second-order valence-corrected chi connectivity index (χ2v) is 5.42. The summed E-state index contributed by atoms with van der Waals surface area (Å²) in [6, 6.07) is 15.9. The first-order valence-corrected chi connectivity index (χ1v) is 6.89. The SMILES string of the molecule is Cc1cccc(C(C#N)Nc2cccc(Br)c2)c1C. The second-order valence-electron chi connectivity index (χ2n) is 4.51. The van der Waals surface area contributed by atoms with E-state index in [4.69, 9.17) is 0 Å². The smallest absolute Gasteiger partial charge is 0.140 e. The molecule has 1 unspecified atom stereocenters. The van der Waals surface area contributed by atoms with Crippen molar-refractivity contribution >= 4 is 21.6 Å². The summed E-state index contributed by atoms with van der Waals surface area (Å²) in [6.45, 7) is 4.12. The van der Waals surface area contributed by atoms with Gasteiger partial charge in [-0.25, -0.2) is 0 Å². The molecule has 3 heteroatoms. The predicted octanol–water partition coefficient (Wildman–Crippen LogP) is 4.74. The maximum atomic E-state index is 9.40. The van der Waals surface area contributed by atoms with Crippen LogP contribution in [-0.2, 0) is 0 Å². The molecule has 2 nitrogen and oxygen atoms in total. The van der Waals surface area contributed by atoms with Gasteiger partial charge in [-0.1, -0.05) is 40.2 Å². The van der Waals surface area contributed by atoms with Gasteiger partial charge in [-0.15, -0.1) is 0 Å². The highest BCUT2D eigenvalue weighted by Gasteiger charge is 2.13. The largest absolute Gasteiger partial charge is 0.366 e. The topological polar surface area (TPSA) is 35.8 Å². The van der Waals surface area contributed by atoms with Crippen LogP contribution >= 0.6 is 15.9 Å². The summed E-state index contributed by atoms with van der Waals surface area (Å²) in [4.78, 5) is 0. The Kier molecular flexibility index (Phi) is 4.24. The first kappa shape index (κ1) is 13.6. The number of rotatable bonds is 3. The predicted molar refractivity (Wildman–Crippen MR) is 82.0 cm³/mol. The highest BCUT2D eigenvalue weighted by atomic mass is 79.9. The van der Waals surface area contributed by atoms with E-state index in [0.717, 1.165) is 21.3 Å². The molecule has 1 N–H and O–H groups in total. The van der Waals surface area contributed by atoms with Crippen LogP contribution in [0.5, 0.6) is 0 Å². The highest BCUT2D eigenvalue weighted by Crippen LogP contribution is 2.25. The Labute approximate surface area is 122 Å². The van der Waals surface area contributed by atoms with E-state index >= 15 is 0 Å². The molecule has 2 rings (SSSR count).